The number of halogens is 1. The van der Waals surface area contributed by atoms with Gasteiger partial charge in [-0.1, -0.05) is 24.3 Å². The van der Waals surface area contributed by atoms with Gasteiger partial charge in [0.25, 0.3) is 0 Å². The molecule has 1 aliphatic rings. The number of furan rings is 1. The summed E-state index contributed by atoms with van der Waals surface area (Å²) in [4.78, 5) is 7.10. The van der Waals surface area contributed by atoms with Gasteiger partial charge >= 0.3 is 0 Å². The van der Waals surface area contributed by atoms with Gasteiger partial charge in [0.2, 0.25) is 0 Å². The highest BCUT2D eigenvalue weighted by molar-refractivity contribution is 14.0. The molecule has 0 spiro atoms. The Bertz CT molecular complexity index is 760. The standard InChI is InChI=1S/C24H36N4O3.HI/c1-2-25-24(26-12-4-15-30-19-23-5-3-16-31-23)27-17-20-6-8-21(9-7-20)18-28-13-10-22(29)11-14-28;/h3,5-9,16,22,29H,2,4,10-15,17-19H2,1H3,(H2,25,26,27);1H. The van der Waals surface area contributed by atoms with E-state index in [1.54, 1.807) is 6.26 Å². The molecule has 0 amide bonds. The molecule has 2 aromatic rings. The second kappa shape index (κ2) is 15.3. The lowest BCUT2D eigenvalue weighted by Gasteiger charge is -2.29. The molecule has 2 heterocycles. The summed E-state index contributed by atoms with van der Waals surface area (Å²) in [5, 5.41) is 16.3. The maximum atomic E-state index is 9.64. The van der Waals surface area contributed by atoms with Crippen molar-refractivity contribution in [3.8, 4) is 0 Å². The first-order chi connectivity index (χ1) is 15.2. The first kappa shape index (κ1) is 26.6. The molecule has 0 radical (unpaired) electrons. The van der Waals surface area contributed by atoms with Crippen LogP contribution in [0.25, 0.3) is 0 Å². The van der Waals surface area contributed by atoms with Crippen LogP contribution < -0.4 is 10.6 Å². The molecule has 0 unspecified atom stereocenters. The van der Waals surface area contributed by atoms with E-state index in [4.69, 9.17) is 14.1 Å². The predicted molar refractivity (Wildman–Crippen MR) is 138 cm³/mol. The van der Waals surface area contributed by atoms with E-state index in [0.717, 1.165) is 63.7 Å². The number of aliphatic imine (C=N–C) groups is 1. The number of nitrogens with one attached hydrogen (secondary N) is 2. The van der Waals surface area contributed by atoms with Gasteiger partial charge in [0.1, 0.15) is 12.4 Å². The molecule has 0 aliphatic carbocycles. The first-order valence-electron chi connectivity index (χ1n) is 11.3. The lowest BCUT2D eigenvalue weighted by atomic mass is 10.1. The van der Waals surface area contributed by atoms with E-state index in [1.807, 2.05) is 12.1 Å². The van der Waals surface area contributed by atoms with Gasteiger partial charge in [0.15, 0.2) is 5.96 Å². The zero-order valence-corrected chi connectivity index (χ0v) is 21.3. The molecule has 3 rings (SSSR count). The Kier molecular flexibility index (Phi) is 12.7. The van der Waals surface area contributed by atoms with Crippen molar-refractivity contribution in [2.75, 3.05) is 32.8 Å². The van der Waals surface area contributed by atoms with Crippen molar-refractivity contribution in [2.45, 2.75) is 52.0 Å². The Labute approximate surface area is 208 Å². The zero-order valence-electron chi connectivity index (χ0n) is 19.0. The van der Waals surface area contributed by atoms with Gasteiger partial charge in [-0.15, -0.1) is 24.0 Å². The summed E-state index contributed by atoms with van der Waals surface area (Å²) < 4.78 is 10.9. The quantitative estimate of drug-likeness (QED) is 0.170. The minimum atomic E-state index is -0.120. The second-order valence-corrected chi connectivity index (χ2v) is 7.93. The lowest BCUT2D eigenvalue weighted by Crippen LogP contribution is -2.38. The molecule has 7 nitrogen and oxygen atoms in total. The normalized spacial score (nSPS) is 15.4. The Morgan fingerprint density at radius 3 is 2.59 bits per heavy atom. The highest BCUT2D eigenvalue weighted by atomic mass is 127. The summed E-state index contributed by atoms with van der Waals surface area (Å²) in [6.45, 7) is 8.40. The number of piperidine rings is 1. The van der Waals surface area contributed by atoms with Crippen LogP contribution in [0.3, 0.4) is 0 Å². The van der Waals surface area contributed by atoms with Gasteiger partial charge in [-0.25, -0.2) is 4.99 Å². The molecule has 0 saturated carbocycles. The van der Waals surface area contributed by atoms with Crippen LogP contribution in [0.5, 0.6) is 0 Å². The molecular formula is C24H37IN4O3. The number of likely N-dealkylation sites (tertiary alicyclic amines) is 1. The van der Waals surface area contributed by atoms with E-state index in [2.05, 4.69) is 46.7 Å². The van der Waals surface area contributed by atoms with E-state index >= 15 is 0 Å². The van der Waals surface area contributed by atoms with Crippen LogP contribution in [0.1, 0.15) is 43.1 Å². The molecule has 3 N–H and O–H groups in total. The van der Waals surface area contributed by atoms with Crippen LogP contribution >= 0.6 is 24.0 Å². The zero-order chi connectivity index (χ0) is 21.7. The predicted octanol–water partition coefficient (Wildman–Crippen LogP) is 3.52. The van der Waals surface area contributed by atoms with Crippen LogP contribution in [0.15, 0.2) is 52.1 Å². The van der Waals surface area contributed by atoms with Crippen LogP contribution in [0.4, 0.5) is 0 Å². The van der Waals surface area contributed by atoms with Crippen LogP contribution in [-0.4, -0.2) is 54.9 Å². The van der Waals surface area contributed by atoms with Crippen molar-refractivity contribution in [1.82, 2.24) is 15.5 Å². The number of benzene rings is 1. The van der Waals surface area contributed by atoms with Gasteiger partial charge < -0.3 is 24.9 Å². The van der Waals surface area contributed by atoms with E-state index in [1.165, 1.54) is 11.1 Å². The highest BCUT2D eigenvalue weighted by Crippen LogP contribution is 2.14. The van der Waals surface area contributed by atoms with E-state index in [-0.39, 0.29) is 30.1 Å². The Hall–Kier alpha value is -1.62. The maximum Gasteiger partial charge on any atom is 0.191 e. The fourth-order valence-electron chi connectivity index (χ4n) is 3.55. The molecule has 8 heteroatoms. The highest BCUT2D eigenvalue weighted by Gasteiger charge is 2.16. The number of guanidine groups is 1. The smallest absolute Gasteiger partial charge is 0.191 e. The van der Waals surface area contributed by atoms with Crippen molar-refractivity contribution in [3.05, 3.63) is 59.5 Å². The number of nitrogens with zero attached hydrogens (tertiary/aromatic N) is 2. The number of rotatable bonds is 11. The molecule has 0 atom stereocenters. The summed E-state index contributed by atoms with van der Waals surface area (Å²) in [6, 6.07) is 12.5. The Morgan fingerprint density at radius 2 is 1.91 bits per heavy atom. The Morgan fingerprint density at radius 1 is 1.16 bits per heavy atom. The van der Waals surface area contributed by atoms with Crippen molar-refractivity contribution >= 4 is 29.9 Å². The van der Waals surface area contributed by atoms with Gasteiger partial charge in [-0.3, -0.25) is 4.90 Å². The molecule has 1 saturated heterocycles. The van der Waals surface area contributed by atoms with Gasteiger partial charge in [-0.05, 0) is 49.4 Å². The number of aliphatic hydroxyl groups excluding tert-OH is 1. The van der Waals surface area contributed by atoms with Crippen LogP contribution in [0.2, 0.25) is 0 Å². The third-order valence-corrected chi connectivity index (χ3v) is 5.33. The van der Waals surface area contributed by atoms with E-state index < -0.39 is 0 Å². The topological polar surface area (TPSA) is 82.3 Å². The molecule has 0 bridgehead atoms. The summed E-state index contributed by atoms with van der Waals surface area (Å²) in [5.41, 5.74) is 2.50. The molecule has 1 aromatic carbocycles. The molecule has 32 heavy (non-hydrogen) atoms. The average molecular weight is 556 g/mol. The maximum absolute atomic E-state index is 9.64. The number of aliphatic hydroxyl groups is 1. The van der Waals surface area contributed by atoms with Gasteiger partial charge in [0, 0.05) is 39.3 Å². The second-order valence-electron chi connectivity index (χ2n) is 7.93. The fraction of sp³-hybridized carbons (Fsp3) is 0.542. The molecular weight excluding hydrogens is 519 g/mol. The van der Waals surface area contributed by atoms with Crippen molar-refractivity contribution in [1.29, 1.82) is 0 Å². The summed E-state index contributed by atoms with van der Waals surface area (Å²) in [5.74, 6) is 1.67. The summed E-state index contributed by atoms with van der Waals surface area (Å²) >= 11 is 0. The summed E-state index contributed by atoms with van der Waals surface area (Å²) in [7, 11) is 0. The molecule has 1 aliphatic heterocycles. The largest absolute Gasteiger partial charge is 0.467 e. The van der Waals surface area contributed by atoms with Gasteiger partial charge in [0.05, 0.1) is 18.9 Å². The average Bonchev–Trinajstić information content (AvgIpc) is 3.30. The van der Waals surface area contributed by atoms with Crippen molar-refractivity contribution in [3.63, 3.8) is 0 Å². The monoisotopic (exact) mass is 556 g/mol. The lowest BCUT2D eigenvalue weighted by molar-refractivity contribution is 0.0792. The number of ether oxygens (including phenoxy) is 1. The fourth-order valence-corrected chi connectivity index (χ4v) is 3.55. The number of hydrogen-bond donors (Lipinski definition) is 3. The van der Waals surface area contributed by atoms with Crippen molar-refractivity contribution in [2.24, 2.45) is 4.99 Å². The van der Waals surface area contributed by atoms with E-state index in [9.17, 15) is 5.11 Å². The minimum absolute atomic E-state index is 0. The van der Waals surface area contributed by atoms with Crippen LogP contribution in [-0.2, 0) is 24.4 Å². The molecule has 178 valence electrons. The summed E-state index contributed by atoms with van der Waals surface area (Å²) in [6.07, 6.45) is 4.19. The molecule has 1 aromatic heterocycles. The Balaban J connectivity index is 0.00000363. The SMILES string of the molecule is CCNC(=NCc1ccc(CN2CCC(O)CC2)cc1)NCCCOCc1ccco1.I. The third-order valence-electron chi connectivity index (χ3n) is 5.33. The van der Waals surface area contributed by atoms with Gasteiger partial charge in [-0.2, -0.15) is 0 Å². The molecule has 1 fully saturated rings. The van der Waals surface area contributed by atoms with E-state index in [0.29, 0.717) is 19.8 Å². The van der Waals surface area contributed by atoms with Crippen molar-refractivity contribution < 1.29 is 14.3 Å². The van der Waals surface area contributed by atoms with Crippen LogP contribution in [0, 0.1) is 0 Å². The first-order valence-corrected chi connectivity index (χ1v) is 11.3. The number of hydrogen-bond acceptors (Lipinski definition) is 5. The minimum Gasteiger partial charge on any atom is -0.467 e. The third kappa shape index (κ3) is 9.89.